The monoisotopic (exact) mass is 527 g/mol. The van der Waals surface area contributed by atoms with Gasteiger partial charge in [0.05, 0.1) is 17.2 Å². The molecule has 1 fully saturated rings. The van der Waals surface area contributed by atoms with Crippen LogP contribution in [0.5, 0.6) is 0 Å². The van der Waals surface area contributed by atoms with Crippen LogP contribution in [0.15, 0.2) is 71.3 Å². The van der Waals surface area contributed by atoms with Crippen molar-refractivity contribution in [3.8, 4) is 28.5 Å². The summed E-state index contributed by atoms with van der Waals surface area (Å²) in [6.07, 6.45) is 7.20. The fourth-order valence-corrected chi connectivity index (χ4v) is 6.84. The molecule has 1 saturated carbocycles. The number of fused-ring (bicyclic) bond motifs is 3. The highest BCUT2D eigenvalue weighted by molar-refractivity contribution is 6.14. The minimum Gasteiger partial charge on any atom is -0.454 e. The van der Waals surface area contributed by atoms with Gasteiger partial charge in [-0.2, -0.15) is 5.26 Å². The normalized spacial score (nSPS) is 17.8. The third-order valence-electron chi connectivity index (χ3n) is 9.32. The first-order valence-electron chi connectivity index (χ1n) is 14.6. The van der Waals surface area contributed by atoms with Gasteiger partial charge in [-0.1, -0.05) is 57.2 Å². The van der Waals surface area contributed by atoms with E-state index in [0.717, 1.165) is 50.2 Å². The fraction of sp³-hybridized carbons (Fsp3) is 0.351. The summed E-state index contributed by atoms with van der Waals surface area (Å²) in [6.45, 7) is 11.4. The van der Waals surface area contributed by atoms with Crippen LogP contribution < -0.4 is 4.57 Å². The molecule has 0 N–H and O–H groups in total. The molecule has 1 aliphatic rings. The molecule has 0 amide bonds. The molecule has 6 rings (SSSR count). The summed E-state index contributed by atoms with van der Waals surface area (Å²) in [5.41, 5.74) is 10.6. The van der Waals surface area contributed by atoms with Crippen molar-refractivity contribution in [2.75, 3.05) is 0 Å². The van der Waals surface area contributed by atoms with Crippen molar-refractivity contribution >= 4 is 21.9 Å². The van der Waals surface area contributed by atoms with E-state index < -0.39 is 0 Å². The molecular formula is C37H39N2O+. The number of rotatable bonds is 3. The van der Waals surface area contributed by atoms with Crippen LogP contribution in [-0.4, -0.2) is 0 Å². The summed E-state index contributed by atoms with van der Waals surface area (Å²) in [7, 11) is 2.08. The number of aromatic nitrogens is 1. The van der Waals surface area contributed by atoms with Gasteiger partial charge < -0.3 is 4.42 Å². The molecule has 40 heavy (non-hydrogen) atoms. The van der Waals surface area contributed by atoms with Crippen LogP contribution in [0.4, 0.5) is 0 Å². The molecule has 2 aromatic heterocycles. The van der Waals surface area contributed by atoms with Crippen LogP contribution in [0.3, 0.4) is 0 Å². The first-order valence-corrected chi connectivity index (χ1v) is 14.6. The van der Waals surface area contributed by atoms with E-state index in [-0.39, 0.29) is 0 Å². The Morgan fingerprint density at radius 2 is 1.48 bits per heavy atom. The summed E-state index contributed by atoms with van der Waals surface area (Å²) in [5.74, 6) is 1.42. The van der Waals surface area contributed by atoms with Crippen molar-refractivity contribution in [3.05, 3.63) is 89.1 Å². The largest absolute Gasteiger partial charge is 0.454 e. The zero-order valence-corrected chi connectivity index (χ0v) is 24.6. The van der Waals surface area contributed by atoms with Gasteiger partial charge in [-0.05, 0) is 91.2 Å². The third-order valence-corrected chi connectivity index (χ3v) is 9.32. The lowest BCUT2D eigenvalue weighted by Crippen LogP contribution is -2.30. The second-order valence-electron chi connectivity index (χ2n) is 12.9. The average molecular weight is 528 g/mol. The molecule has 0 radical (unpaired) electrons. The second-order valence-corrected chi connectivity index (χ2v) is 12.9. The van der Waals surface area contributed by atoms with Crippen molar-refractivity contribution in [1.29, 1.82) is 5.26 Å². The van der Waals surface area contributed by atoms with Gasteiger partial charge in [-0.15, -0.1) is 0 Å². The number of nitrogens with zero attached hydrogens (tertiary/aromatic N) is 2. The SMILES string of the molecule is Cc1cc[n+](C)c(-c2c(C)ccc3c2oc2c(-c4ccc(C5CCC(C(C)(C)C)CC5)cc4)c(C#N)ccc23)c1. The van der Waals surface area contributed by atoms with Crippen molar-refractivity contribution in [3.63, 3.8) is 0 Å². The van der Waals surface area contributed by atoms with Gasteiger partial charge in [0.15, 0.2) is 6.20 Å². The van der Waals surface area contributed by atoms with E-state index in [0.29, 0.717) is 16.9 Å². The van der Waals surface area contributed by atoms with E-state index in [9.17, 15) is 5.26 Å². The Morgan fingerprint density at radius 1 is 0.825 bits per heavy atom. The van der Waals surface area contributed by atoms with Gasteiger partial charge in [0.25, 0.3) is 0 Å². The van der Waals surface area contributed by atoms with Gasteiger partial charge in [-0.3, -0.25) is 0 Å². The van der Waals surface area contributed by atoms with E-state index in [2.05, 4.69) is 107 Å². The van der Waals surface area contributed by atoms with Crippen LogP contribution in [0, 0.1) is 36.5 Å². The Hall–Kier alpha value is -3.90. The summed E-state index contributed by atoms with van der Waals surface area (Å²) < 4.78 is 8.92. The predicted molar refractivity (Wildman–Crippen MR) is 164 cm³/mol. The van der Waals surface area contributed by atoms with Crippen molar-refractivity contribution in [2.45, 2.75) is 66.2 Å². The van der Waals surface area contributed by atoms with Crippen molar-refractivity contribution in [1.82, 2.24) is 0 Å². The standard InChI is InChI=1S/C37H39N2O/c1-23-19-20-39(6)32(21-23)33-24(2)7-17-30-31-18-14-28(22-38)34(36(31)40-35(30)33)27-10-8-25(9-11-27)26-12-15-29(16-13-26)37(3,4)5/h7-11,14,17-21,26,29H,12-13,15-16H2,1-6H3/q+1. The molecule has 0 saturated heterocycles. The van der Waals surface area contributed by atoms with E-state index >= 15 is 0 Å². The molecule has 0 unspecified atom stereocenters. The van der Waals surface area contributed by atoms with E-state index in [4.69, 9.17) is 4.42 Å². The predicted octanol–water partition coefficient (Wildman–Crippen LogP) is 9.55. The number of hydrogen-bond acceptors (Lipinski definition) is 2. The van der Waals surface area contributed by atoms with Crippen LogP contribution in [0.1, 0.15) is 74.6 Å². The Labute approximate surface area is 238 Å². The van der Waals surface area contributed by atoms with Crippen LogP contribution in [0.25, 0.3) is 44.3 Å². The molecular weight excluding hydrogens is 488 g/mol. The van der Waals surface area contributed by atoms with Crippen molar-refractivity contribution < 1.29 is 8.98 Å². The molecule has 2 heterocycles. The fourth-order valence-electron chi connectivity index (χ4n) is 6.84. The summed E-state index contributed by atoms with van der Waals surface area (Å²) >= 11 is 0. The molecule has 0 bridgehead atoms. The molecule has 0 atom stereocenters. The number of furan rings is 1. The van der Waals surface area contributed by atoms with E-state index in [1.165, 1.54) is 42.4 Å². The van der Waals surface area contributed by atoms with Gasteiger partial charge >= 0.3 is 0 Å². The van der Waals surface area contributed by atoms with E-state index in [1.807, 2.05) is 12.1 Å². The number of benzene rings is 3. The molecule has 3 aromatic carbocycles. The molecule has 3 nitrogen and oxygen atoms in total. The number of hydrogen-bond donors (Lipinski definition) is 0. The van der Waals surface area contributed by atoms with Gasteiger partial charge in [-0.25, -0.2) is 4.57 Å². The van der Waals surface area contributed by atoms with E-state index in [1.54, 1.807) is 0 Å². The minimum atomic E-state index is 0.392. The quantitative estimate of drug-likeness (QED) is 0.219. The maximum absolute atomic E-state index is 10.1. The molecule has 0 aliphatic heterocycles. The highest BCUT2D eigenvalue weighted by Gasteiger charge is 2.30. The lowest BCUT2D eigenvalue weighted by Gasteiger charge is -2.37. The van der Waals surface area contributed by atoms with Gasteiger partial charge in [0, 0.05) is 28.5 Å². The molecule has 3 heteroatoms. The Balaban J connectivity index is 1.45. The van der Waals surface area contributed by atoms with Crippen LogP contribution in [0.2, 0.25) is 0 Å². The first-order chi connectivity index (χ1) is 19.2. The Morgan fingerprint density at radius 3 is 2.12 bits per heavy atom. The zero-order chi connectivity index (χ0) is 28.2. The van der Waals surface area contributed by atoms with Gasteiger partial charge in [0.1, 0.15) is 18.2 Å². The van der Waals surface area contributed by atoms with Crippen molar-refractivity contribution in [2.24, 2.45) is 18.4 Å². The first kappa shape index (κ1) is 26.3. The van der Waals surface area contributed by atoms with Gasteiger partial charge in [0.2, 0.25) is 5.69 Å². The summed E-state index contributed by atoms with van der Waals surface area (Å²) in [4.78, 5) is 0. The number of nitriles is 1. The average Bonchev–Trinajstić information content (AvgIpc) is 3.32. The molecule has 0 spiro atoms. The topological polar surface area (TPSA) is 40.8 Å². The third kappa shape index (κ3) is 4.50. The van der Waals surface area contributed by atoms with Crippen LogP contribution >= 0.6 is 0 Å². The summed E-state index contributed by atoms with van der Waals surface area (Å²) in [5, 5.41) is 12.2. The minimum absolute atomic E-state index is 0.392. The highest BCUT2D eigenvalue weighted by atomic mass is 16.3. The maximum atomic E-state index is 10.1. The maximum Gasteiger partial charge on any atom is 0.216 e. The molecule has 1 aliphatic carbocycles. The Bertz CT molecular complexity index is 1770. The zero-order valence-electron chi connectivity index (χ0n) is 24.6. The molecule has 202 valence electrons. The number of aryl methyl sites for hydroxylation is 3. The molecule has 5 aromatic rings. The Kier molecular flexibility index (Phi) is 6.54. The van der Waals surface area contributed by atoms with Crippen LogP contribution in [-0.2, 0) is 7.05 Å². The smallest absolute Gasteiger partial charge is 0.216 e. The number of pyridine rings is 1. The lowest BCUT2D eigenvalue weighted by molar-refractivity contribution is -0.660. The second kappa shape index (κ2) is 9.93. The highest BCUT2D eigenvalue weighted by Crippen LogP contribution is 2.45. The lowest BCUT2D eigenvalue weighted by atomic mass is 9.68. The summed E-state index contributed by atoms with van der Waals surface area (Å²) in [6, 6.07) is 24.0.